The number of carbonyl (C=O) groups is 1. The van der Waals surface area contributed by atoms with Gasteiger partial charge in [0.15, 0.2) is 0 Å². The third kappa shape index (κ3) is 3.71. The number of aliphatic hydroxyl groups is 1. The van der Waals surface area contributed by atoms with Crippen LogP contribution in [0.3, 0.4) is 0 Å². The van der Waals surface area contributed by atoms with Crippen LogP contribution in [0.15, 0.2) is 48.5 Å². The molecule has 0 radical (unpaired) electrons. The van der Waals surface area contributed by atoms with E-state index in [0.717, 1.165) is 27.6 Å². The second-order valence-electron chi connectivity index (χ2n) is 7.55. The number of amides is 1. The zero-order valence-electron chi connectivity index (χ0n) is 16.4. The Morgan fingerprint density at radius 2 is 1.75 bits per heavy atom. The van der Waals surface area contributed by atoms with Gasteiger partial charge in [0.25, 0.3) is 0 Å². The van der Waals surface area contributed by atoms with Crippen molar-refractivity contribution in [3.05, 3.63) is 70.8 Å². The first kappa shape index (κ1) is 18.4. The number of hydrogen-bond acceptors (Lipinski definition) is 4. The Morgan fingerprint density at radius 1 is 1.00 bits per heavy atom. The van der Waals surface area contributed by atoms with Gasteiger partial charge >= 0.3 is 0 Å². The standard InChI is InChI=1S/C23H25N3O2/c1-16-3-6-18(7-4-16)13-25-9-10-26(14-22(25)28)23-20(15-27)12-19-8-5-17(2)11-21(19)24-23/h3-8,11-12,27H,9-10,13-15H2,1-2H3. The maximum absolute atomic E-state index is 12.8. The van der Waals surface area contributed by atoms with Crippen LogP contribution in [-0.2, 0) is 17.9 Å². The Kier molecular flexibility index (Phi) is 5.01. The van der Waals surface area contributed by atoms with Gasteiger partial charge in [-0.15, -0.1) is 0 Å². The molecule has 1 amide bonds. The molecule has 0 bridgehead atoms. The summed E-state index contributed by atoms with van der Waals surface area (Å²) in [4.78, 5) is 21.4. The average Bonchev–Trinajstić information content (AvgIpc) is 2.70. The van der Waals surface area contributed by atoms with E-state index in [4.69, 9.17) is 4.98 Å². The number of aromatic nitrogens is 1. The average molecular weight is 375 g/mol. The van der Waals surface area contributed by atoms with Crippen molar-refractivity contribution < 1.29 is 9.90 Å². The summed E-state index contributed by atoms with van der Waals surface area (Å²) in [7, 11) is 0. The molecule has 1 saturated heterocycles. The van der Waals surface area contributed by atoms with E-state index in [9.17, 15) is 9.90 Å². The highest BCUT2D eigenvalue weighted by Gasteiger charge is 2.26. The van der Waals surface area contributed by atoms with Crippen LogP contribution in [0.4, 0.5) is 5.82 Å². The second kappa shape index (κ2) is 7.60. The molecule has 1 N–H and O–H groups in total. The molecule has 28 heavy (non-hydrogen) atoms. The molecule has 3 aromatic rings. The fourth-order valence-electron chi connectivity index (χ4n) is 3.67. The molecule has 2 aromatic carbocycles. The molecule has 0 atom stereocenters. The van der Waals surface area contributed by atoms with Crippen molar-refractivity contribution in [2.75, 3.05) is 24.5 Å². The van der Waals surface area contributed by atoms with Crippen molar-refractivity contribution in [3.63, 3.8) is 0 Å². The zero-order valence-corrected chi connectivity index (χ0v) is 16.4. The number of benzene rings is 2. The highest BCUT2D eigenvalue weighted by atomic mass is 16.3. The smallest absolute Gasteiger partial charge is 0.242 e. The lowest BCUT2D eigenvalue weighted by molar-refractivity contribution is -0.131. The van der Waals surface area contributed by atoms with Gasteiger partial charge in [-0.05, 0) is 37.1 Å². The summed E-state index contributed by atoms with van der Waals surface area (Å²) in [5.74, 6) is 0.797. The summed E-state index contributed by atoms with van der Waals surface area (Å²) in [6, 6.07) is 16.4. The van der Waals surface area contributed by atoms with Crippen LogP contribution in [0.1, 0.15) is 22.3 Å². The largest absolute Gasteiger partial charge is 0.392 e. The van der Waals surface area contributed by atoms with E-state index in [1.807, 2.05) is 41.0 Å². The van der Waals surface area contributed by atoms with Crippen molar-refractivity contribution in [2.45, 2.75) is 27.0 Å². The van der Waals surface area contributed by atoms with Gasteiger partial charge in [0, 0.05) is 30.6 Å². The summed E-state index contributed by atoms with van der Waals surface area (Å²) in [6.07, 6.45) is 0. The summed E-state index contributed by atoms with van der Waals surface area (Å²) >= 11 is 0. The first-order valence-electron chi connectivity index (χ1n) is 9.63. The van der Waals surface area contributed by atoms with Crippen molar-refractivity contribution in [1.82, 2.24) is 9.88 Å². The number of aryl methyl sites for hydroxylation is 2. The molecular formula is C23H25N3O2. The first-order chi connectivity index (χ1) is 13.5. The van der Waals surface area contributed by atoms with Crippen molar-refractivity contribution in [1.29, 1.82) is 0 Å². The normalized spacial score (nSPS) is 14.8. The number of carbonyl (C=O) groups excluding carboxylic acids is 1. The molecule has 4 rings (SSSR count). The topological polar surface area (TPSA) is 56.7 Å². The number of aliphatic hydroxyl groups excluding tert-OH is 1. The third-order valence-electron chi connectivity index (χ3n) is 5.31. The molecule has 1 aliphatic rings. The van der Waals surface area contributed by atoms with Crippen LogP contribution in [0.2, 0.25) is 0 Å². The minimum absolute atomic E-state index is 0.0850. The molecule has 0 saturated carbocycles. The molecule has 1 aliphatic heterocycles. The molecular weight excluding hydrogens is 350 g/mol. The van der Waals surface area contributed by atoms with E-state index in [-0.39, 0.29) is 19.1 Å². The highest BCUT2D eigenvalue weighted by Crippen LogP contribution is 2.26. The molecule has 2 heterocycles. The Morgan fingerprint density at radius 3 is 2.46 bits per heavy atom. The van der Waals surface area contributed by atoms with Gasteiger partial charge in [-0.2, -0.15) is 0 Å². The van der Waals surface area contributed by atoms with Gasteiger partial charge in [-0.3, -0.25) is 4.79 Å². The fourth-order valence-corrected chi connectivity index (χ4v) is 3.67. The number of anilines is 1. The molecule has 0 aliphatic carbocycles. The van der Waals surface area contributed by atoms with Crippen LogP contribution in [0.25, 0.3) is 10.9 Å². The minimum Gasteiger partial charge on any atom is -0.392 e. The van der Waals surface area contributed by atoms with Crippen LogP contribution in [0, 0.1) is 13.8 Å². The summed E-state index contributed by atoms with van der Waals surface area (Å²) < 4.78 is 0. The molecule has 1 fully saturated rings. The molecule has 0 unspecified atom stereocenters. The Hall–Kier alpha value is -2.92. The Labute approximate surface area is 165 Å². The lowest BCUT2D eigenvalue weighted by Crippen LogP contribution is -2.50. The number of hydrogen-bond donors (Lipinski definition) is 1. The quantitative estimate of drug-likeness (QED) is 0.761. The van der Waals surface area contributed by atoms with Gasteiger partial charge in [0.05, 0.1) is 18.7 Å². The summed E-state index contributed by atoms with van der Waals surface area (Å²) in [6.45, 7) is 6.26. The van der Waals surface area contributed by atoms with Gasteiger partial charge in [0.2, 0.25) is 5.91 Å². The summed E-state index contributed by atoms with van der Waals surface area (Å²) in [5.41, 5.74) is 5.15. The predicted molar refractivity (Wildman–Crippen MR) is 111 cm³/mol. The van der Waals surface area contributed by atoms with E-state index in [2.05, 4.69) is 31.2 Å². The Balaban J connectivity index is 1.55. The molecule has 144 valence electrons. The maximum atomic E-state index is 12.8. The highest BCUT2D eigenvalue weighted by molar-refractivity contribution is 5.86. The number of piperazine rings is 1. The number of nitrogens with zero attached hydrogens (tertiary/aromatic N) is 3. The van der Waals surface area contributed by atoms with Crippen LogP contribution in [0.5, 0.6) is 0 Å². The number of rotatable bonds is 4. The van der Waals surface area contributed by atoms with Crippen LogP contribution < -0.4 is 4.90 Å². The monoisotopic (exact) mass is 375 g/mol. The minimum atomic E-state index is -0.0933. The first-order valence-corrected chi connectivity index (χ1v) is 9.63. The SMILES string of the molecule is Cc1ccc(CN2CCN(c3nc4cc(C)ccc4cc3CO)CC2=O)cc1. The molecule has 5 heteroatoms. The fraction of sp³-hybridized carbons (Fsp3) is 0.304. The van der Waals surface area contributed by atoms with E-state index < -0.39 is 0 Å². The van der Waals surface area contributed by atoms with Gasteiger partial charge in [-0.25, -0.2) is 4.98 Å². The van der Waals surface area contributed by atoms with Crippen molar-refractivity contribution >= 4 is 22.6 Å². The lowest BCUT2D eigenvalue weighted by atomic mass is 10.1. The zero-order chi connectivity index (χ0) is 19.7. The molecule has 0 spiro atoms. The van der Waals surface area contributed by atoms with E-state index >= 15 is 0 Å². The Bertz CT molecular complexity index is 1010. The van der Waals surface area contributed by atoms with Crippen molar-refractivity contribution in [2.24, 2.45) is 0 Å². The third-order valence-corrected chi connectivity index (χ3v) is 5.31. The molecule has 1 aromatic heterocycles. The van der Waals surface area contributed by atoms with E-state index in [1.54, 1.807) is 0 Å². The van der Waals surface area contributed by atoms with Crippen LogP contribution >= 0.6 is 0 Å². The van der Waals surface area contributed by atoms with Gasteiger partial charge in [0.1, 0.15) is 5.82 Å². The molecule has 5 nitrogen and oxygen atoms in total. The predicted octanol–water partition coefficient (Wildman–Crippen LogP) is 3.19. The number of pyridine rings is 1. The van der Waals surface area contributed by atoms with E-state index in [1.165, 1.54) is 5.56 Å². The van der Waals surface area contributed by atoms with Crippen molar-refractivity contribution in [3.8, 4) is 0 Å². The number of fused-ring (bicyclic) bond motifs is 1. The van der Waals surface area contributed by atoms with E-state index in [0.29, 0.717) is 25.5 Å². The second-order valence-corrected chi connectivity index (χ2v) is 7.55. The lowest BCUT2D eigenvalue weighted by Gasteiger charge is -2.36. The maximum Gasteiger partial charge on any atom is 0.242 e. The van der Waals surface area contributed by atoms with Gasteiger partial charge in [-0.1, -0.05) is 42.0 Å². The summed E-state index contributed by atoms with van der Waals surface area (Å²) in [5, 5.41) is 10.8. The van der Waals surface area contributed by atoms with Gasteiger partial charge < -0.3 is 14.9 Å². The van der Waals surface area contributed by atoms with Crippen LogP contribution in [-0.4, -0.2) is 40.5 Å².